The summed E-state index contributed by atoms with van der Waals surface area (Å²) in [5, 5.41) is 13.3. The van der Waals surface area contributed by atoms with E-state index in [0.717, 1.165) is 18.4 Å². The van der Waals surface area contributed by atoms with E-state index in [1.54, 1.807) is 25.1 Å². The van der Waals surface area contributed by atoms with Gasteiger partial charge in [0.25, 0.3) is 0 Å². The SMILES string of the molecule is CC1=C(/C(=N/O)c2cccc(C(F)(F)F)c2F)c2cccc(Cl)c2C1CCCS(C)(=O)=O. The summed E-state index contributed by atoms with van der Waals surface area (Å²) in [5.74, 6) is -1.95. The van der Waals surface area contributed by atoms with Crippen molar-refractivity contribution in [2.45, 2.75) is 31.9 Å². The van der Waals surface area contributed by atoms with Gasteiger partial charge in [0.1, 0.15) is 21.4 Å². The minimum atomic E-state index is -4.92. The standard InChI is InChI=1S/C22H20ClF4NO3S/c1-12-13(8-5-11-32(2,30)31)19-14(6-4-10-17(19)23)18(12)21(28-29)15-7-3-9-16(20(15)24)22(25,26)27/h3-4,6-7,9-10,13,29H,5,8,11H2,1-2H3/b28-21+. The number of allylic oxidation sites excluding steroid dienone is 2. The molecule has 0 aliphatic heterocycles. The summed E-state index contributed by atoms with van der Waals surface area (Å²) < 4.78 is 77.6. The van der Waals surface area contributed by atoms with Crippen molar-refractivity contribution in [2.24, 2.45) is 5.16 Å². The number of rotatable bonds is 6. The van der Waals surface area contributed by atoms with E-state index in [0.29, 0.717) is 40.6 Å². The van der Waals surface area contributed by atoms with Gasteiger partial charge in [0.2, 0.25) is 0 Å². The molecule has 172 valence electrons. The van der Waals surface area contributed by atoms with Crippen LogP contribution in [0.4, 0.5) is 17.6 Å². The maximum Gasteiger partial charge on any atom is 0.419 e. The maximum atomic E-state index is 14.8. The second kappa shape index (κ2) is 8.86. The molecule has 4 nitrogen and oxygen atoms in total. The lowest BCUT2D eigenvalue weighted by Gasteiger charge is -2.15. The van der Waals surface area contributed by atoms with Crippen molar-refractivity contribution in [3.63, 3.8) is 0 Å². The van der Waals surface area contributed by atoms with E-state index < -0.39 is 33.0 Å². The van der Waals surface area contributed by atoms with Gasteiger partial charge >= 0.3 is 6.18 Å². The summed E-state index contributed by atoms with van der Waals surface area (Å²) in [6.07, 6.45) is -3.08. The predicted octanol–water partition coefficient (Wildman–Crippen LogP) is 6.07. The van der Waals surface area contributed by atoms with E-state index in [2.05, 4.69) is 5.16 Å². The predicted molar refractivity (Wildman–Crippen MR) is 115 cm³/mol. The molecule has 0 amide bonds. The van der Waals surface area contributed by atoms with Crippen molar-refractivity contribution in [3.8, 4) is 0 Å². The Hall–Kier alpha value is -2.39. The number of oxime groups is 1. The summed E-state index contributed by atoms with van der Waals surface area (Å²) in [5.41, 5.74) is -0.297. The van der Waals surface area contributed by atoms with Crippen LogP contribution in [0, 0.1) is 5.82 Å². The molecule has 0 heterocycles. The first-order chi connectivity index (χ1) is 14.9. The van der Waals surface area contributed by atoms with Crippen LogP contribution in [0.2, 0.25) is 5.02 Å². The Morgan fingerprint density at radius 3 is 2.44 bits per heavy atom. The van der Waals surface area contributed by atoms with Crippen LogP contribution in [0.15, 0.2) is 47.1 Å². The Balaban J connectivity index is 2.14. The van der Waals surface area contributed by atoms with Crippen LogP contribution in [0.5, 0.6) is 0 Å². The largest absolute Gasteiger partial charge is 0.419 e. The Morgan fingerprint density at radius 1 is 1.19 bits per heavy atom. The molecule has 1 unspecified atom stereocenters. The highest BCUT2D eigenvalue weighted by molar-refractivity contribution is 7.90. The Bertz CT molecular complexity index is 1220. The van der Waals surface area contributed by atoms with Crippen LogP contribution in [0.25, 0.3) is 5.57 Å². The highest BCUT2D eigenvalue weighted by Crippen LogP contribution is 2.48. The fourth-order valence-corrected chi connectivity index (χ4v) is 5.11. The summed E-state index contributed by atoms with van der Waals surface area (Å²) in [4.78, 5) is 0. The highest BCUT2D eigenvalue weighted by atomic mass is 35.5. The van der Waals surface area contributed by atoms with Crippen molar-refractivity contribution >= 4 is 32.7 Å². The van der Waals surface area contributed by atoms with E-state index in [9.17, 15) is 31.2 Å². The number of fused-ring (bicyclic) bond motifs is 1. The number of alkyl halides is 3. The summed E-state index contributed by atoms with van der Waals surface area (Å²) in [7, 11) is -3.19. The van der Waals surface area contributed by atoms with Crippen LogP contribution >= 0.6 is 11.6 Å². The topological polar surface area (TPSA) is 66.7 Å². The number of benzene rings is 2. The number of sulfone groups is 1. The van der Waals surface area contributed by atoms with Gasteiger partial charge in [0.15, 0.2) is 0 Å². The molecule has 1 N–H and O–H groups in total. The second-order valence-corrected chi connectivity index (χ2v) is 10.4. The van der Waals surface area contributed by atoms with Gasteiger partial charge in [0.05, 0.1) is 5.56 Å². The zero-order valence-corrected chi connectivity index (χ0v) is 18.7. The Kier molecular flexibility index (Phi) is 6.72. The smallest absolute Gasteiger partial charge is 0.410 e. The van der Waals surface area contributed by atoms with Gasteiger partial charge in [0, 0.05) is 34.1 Å². The van der Waals surface area contributed by atoms with Crippen molar-refractivity contribution in [3.05, 3.63) is 75.1 Å². The van der Waals surface area contributed by atoms with Crippen molar-refractivity contribution in [1.29, 1.82) is 0 Å². The van der Waals surface area contributed by atoms with Gasteiger partial charge in [-0.15, -0.1) is 0 Å². The molecule has 0 aromatic heterocycles. The molecule has 1 atom stereocenters. The molecule has 32 heavy (non-hydrogen) atoms. The van der Waals surface area contributed by atoms with Crippen LogP contribution in [0.3, 0.4) is 0 Å². The van der Waals surface area contributed by atoms with Crippen LogP contribution in [-0.4, -0.2) is 31.3 Å². The lowest BCUT2D eigenvalue weighted by molar-refractivity contribution is -0.140. The van der Waals surface area contributed by atoms with Crippen LogP contribution < -0.4 is 0 Å². The number of hydrogen-bond acceptors (Lipinski definition) is 4. The highest BCUT2D eigenvalue weighted by Gasteiger charge is 2.38. The van der Waals surface area contributed by atoms with Crippen molar-refractivity contribution in [2.75, 3.05) is 12.0 Å². The Labute approximate surface area is 188 Å². The lowest BCUT2D eigenvalue weighted by atomic mass is 9.91. The number of hydrogen-bond donors (Lipinski definition) is 1. The van der Waals surface area contributed by atoms with Crippen molar-refractivity contribution in [1.82, 2.24) is 0 Å². The number of nitrogens with zero attached hydrogens (tertiary/aromatic N) is 1. The minimum absolute atomic E-state index is 0.0465. The van der Waals surface area contributed by atoms with Crippen molar-refractivity contribution < 1.29 is 31.2 Å². The Morgan fingerprint density at radius 2 is 1.84 bits per heavy atom. The molecule has 1 aliphatic rings. The third-order valence-electron chi connectivity index (χ3n) is 5.49. The summed E-state index contributed by atoms with van der Waals surface area (Å²) >= 11 is 6.40. The van der Waals surface area contributed by atoms with Gasteiger partial charge in [-0.25, -0.2) is 12.8 Å². The van der Waals surface area contributed by atoms with Crippen LogP contribution in [0.1, 0.15) is 47.9 Å². The van der Waals surface area contributed by atoms with E-state index in [1.807, 2.05) is 0 Å². The lowest BCUT2D eigenvalue weighted by Crippen LogP contribution is -2.14. The molecule has 10 heteroatoms. The zero-order valence-electron chi connectivity index (χ0n) is 17.2. The minimum Gasteiger partial charge on any atom is -0.410 e. The van der Waals surface area contributed by atoms with Gasteiger partial charge in [-0.1, -0.05) is 40.5 Å². The fourth-order valence-electron chi connectivity index (χ4n) is 4.11. The van der Waals surface area contributed by atoms with Gasteiger partial charge in [-0.05, 0) is 49.1 Å². The van der Waals surface area contributed by atoms with E-state index >= 15 is 0 Å². The molecule has 2 aromatic rings. The van der Waals surface area contributed by atoms with E-state index in [-0.39, 0.29) is 23.0 Å². The normalized spacial score (nSPS) is 17.1. The molecule has 0 radical (unpaired) electrons. The third-order valence-corrected chi connectivity index (χ3v) is 6.85. The molecule has 3 rings (SSSR count). The quantitative estimate of drug-likeness (QED) is 0.232. The average Bonchev–Trinajstić information content (AvgIpc) is 2.95. The van der Waals surface area contributed by atoms with Gasteiger partial charge in [-0.3, -0.25) is 0 Å². The molecular formula is C22H20ClF4NO3S. The third kappa shape index (κ3) is 4.68. The van der Waals surface area contributed by atoms with Gasteiger partial charge < -0.3 is 5.21 Å². The average molecular weight is 490 g/mol. The zero-order chi connectivity index (χ0) is 23.8. The first-order valence-electron chi connectivity index (χ1n) is 9.62. The molecule has 0 saturated heterocycles. The first kappa shape index (κ1) is 24.3. The van der Waals surface area contributed by atoms with Crippen LogP contribution in [-0.2, 0) is 16.0 Å². The maximum absolute atomic E-state index is 14.8. The fraction of sp³-hybridized carbons (Fsp3) is 0.318. The molecule has 2 aromatic carbocycles. The molecular weight excluding hydrogens is 470 g/mol. The molecule has 0 saturated carbocycles. The molecule has 1 aliphatic carbocycles. The second-order valence-electron chi connectivity index (χ2n) is 7.70. The summed E-state index contributed by atoms with van der Waals surface area (Å²) in [6, 6.07) is 7.70. The molecule has 0 fully saturated rings. The monoisotopic (exact) mass is 489 g/mol. The van der Waals surface area contributed by atoms with E-state index in [4.69, 9.17) is 11.6 Å². The summed E-state index contributed by atoms with van der Waals surface area (Å²) in [6.45, 7) is 1.69. The molecule has 0 spiro atoms. The number of halogens is 5. The van der Waals surface area contributed by atoms with E-state index in [1.165, 1.54) is 0 Å². The molecule has 0 bridgehead atoms. The first-order valence-corrected chi connectivity index (χ1v) is 12.1. The van der Waals surface area contributed by atoms with Gasteiger partial charge in [-0.2, -0.15) is 13.2 Å².